The first-order chi connectivity index (χ1) is 7.77. The zero-order valence-corrected chi connectivity index (χ0v) is 10.4. The van der Waals surface area contributed by atoms with Crippen LogP contribution in [-0.4, -0.2) is 29.1 Å². The maximum Gasteiger partial charge on any atom is 0.116 e. The van der Waals surface area contributed by atoms with Crippen molar-refractivity contribution >= 4 is 0 Å². The second-order valence-corrected chi connectivity index (χ2v) is 5.01. The molecule has 1 fully saturated rings. The quantitative estimate of drug-likeness (QED) is 0.441. The first-order valence-electron chi connectivity index (χ1n) is 6.85. The highest BCUT2D eigenvalue weighted by Gasteiger charge is 2.27. The highest BCUT2D eigenvalue weighted by Crippen LogP contribution is 2.25. The molecular formula is C13H27NO2. The van der Waals surface area contributed by atoms with Crippen LogP contribution >= 0.6 is 0 Å². The van der Waals surface area contributed by atoms with Gasteiger partial charge in [0.15, 0.2) is 0 Å². The fourth-order valence-electron chi connectivity index (χ4n) is 2.40. The summed E-state index contributed by atoms with van der Waals surface area (Å²) in [4.78, 5) is 0. The summed E-state index contributed by atoms with van der Waals surface area (Å²) in [5, 5.41) is 22.1. The van der Waals surface area contributed by atoms with Gasteiger partial charge in [-0.1, -0.05) is 25.7 Å². The van der Waals surface area contributed by atoms with E-state index in [2.05, 4.69) is 5.32 Å². The number of hydrogen-bond acceptors (Lipinski definition) is 3. The van der Waals surface area contributed by atoms with Crippen molar-refractivity contribution in [1.29, 1.82) is 0 Å². The van der Waals surface area contributed by atoms with Crippen molar-refractivity contribution in [3.05, 3.63) is 0 Å². The number of hydrogen-bond donors (Lipinski definition) is 3. The first-order valence-corrected chi connectivity index (χ1v) is 6.85. The van der Waals surface area contributed by atoms with Crippen LogP contribution in [-0.2, 0) is 0 Å². The lowest BCUT2D eigenvalue weighted by Gasteiger charge is -2.33. The lowest BCUT2D eigenvalue weighted by Crippen LogP contribution is -2.46. The average molecular weight is 229 g/mol. The monoisotopic (exact) mass is 229 g/mol. The maximum absolute atomic E-state index is 10.2. The van der Waals surface area contributed by atoms with Gasteiger partial charge in [0, 0.05) is 6.61 Å². The van der Waals surface area contributed by atoms with Gasteiger partial charge in [-0.3, -0.25) is 5.32 Å². The number of rotatable bonds is 8. The molecule has 0 aliphatic heterocycles. The summed E-state index contributed by atoms with van der Waals surface area (Å²) in [6.07, 6.45) is 11.0. The molecule has 0 saturated heterocycles. The number of nitrogens with one attached hydrogen (secondary N) is 1. The van der Waals surface area contributed by atoms with Crippen molar-refractivity contribution in [3.8, 4) is 0 Å². The molecule has 1 saturated carbocycles. The minimum Gasteiger partial charge on any atom is -0.396 e. The summed E-state index contributed by atoms with van der Waals surface area (Å²) in [7, 11) is 0. The summed E-state index contributed by atoms with van der Waals surface area (Å²) in [6.45, 7) is 1.24. The molecule has 0 radical (unpaired) electrons. The molecule has 0 aromatic rings. The van der Waals surface area contributed by atoms with Crippen molar-refractivity contribution in [2.24, 2.45) is 0 Å². The van der Waals surface area contributed by atoms with E-state index in [9.17, 15) is 5.11 Å². The lowest BCUT2D eigenvalue weighted by molar-refractivity contribution is -0.0278. The van der Waals surface area contributed by atoms with Crippen LogP contribution < -0.4 is 5.32 Å². The van der Waals surface area contributed by atoms with Gasteiger partial charge in [0.1, 0.15) is 5.72 Å². The van der Waals surface area contributed by atoms with Gasteiger partial charge in [-0.2, -0.15) is 0 Å². The van der Waals surface area contributed by atoms with E-state index in [-0.39, 0.29) is 0 Å². The molecule has 0 amide bonds. The Kier molecular flexibility index (Phi) is 7.01. The van der Waals surface area contributed by atoms with E-state index in [1.807, 2.05) is 0 Å². The Morgan fingerprint density at radius 2 is 1.50 bits per heavy atom. The van der Waals surface area contributed by atoms with Crippen LogP contribution in [0.4, 0.5) is 0 Å². The van der Waals surface area contributed by atoms with Crippen molar-refractivity contribution < 1.29 is 10.2 Å². The van der Waals surface area contributed by atoms with E-state index < -0.39 is 5.72 Å². The van der Waals surface area contributed by atoms with Crippen LogP contribution in [0.5, 0.6) is 0 Å². The van der Waals surface area contributed by atoms with Gasteiger partial charge in [0.05, 0.1) is 0 Å². The van der Waals surface area contributed by atoms with Crippen molar-refractivity contribution in [2.45, 2.75) is 69.9 Å². The molecule has 3 N–H and O–H groups in total. The van der Waals surface area contributed by atoms with Crippen LogP contribution in [0, 0.1) is 0 Å². The zero-order chi connectivity index (χ0) is 11.7. The Bertz CT molecular complexity index is 167. The van der Waals surface area contributed by atoms with Gasteiger partial charge in [-0.25, -0.2) is 0 Å². The smallest absolute Gasteiger partial charge is 0.116 e. The lowest BCUT2D eigenvalue weighted by atomic mass is 9.91. The molecule has 0 aromatic heterocycles. The maximum atomic E-state index is 10.2. The molecule has 1 aliphatic rings. The predicted molar refractivity (Wildman–Crippen MR) is 66.2 cm³/mol. The molecule has 3 nitrogen and oxygen atoms in total. The molecular weight excluding hydrogens is 202 g/mol. The molecule has 0 heterocycles. The van der Waals surface area contributed by atoms with E-state index in [0.717, 1.165) is 51.5 Å². The molecule has 3 heteroatoms. The summed E-state index contributed by atoms with van der Waals surface area (Å²) in [5.74, 6) is 0. The Balaban J connectivity index is 1.93. The molecule has 16 heavy (non-hydrogen) atoms. The van der Waals surface area contributed by atoms with Crippen molar-refractivity contribution in [1.82, 2.24) is 5.32 Å². The van der Waals surface area contributed by atoms with E-state index in [0.29, 0.717) is 6.61 Å². The third-order valence-corrected chi connectivity index (χ3v) is 3.47. The molecule has 1 rings (SSSR count). The highest BCUT2D eigenvalue weighted by atomic mass is 16.3. The van der Waals surface area contributed by atoms with Gasteiger partial charge in [-0.15, -0.1) is 0 Å². The molecule has 0 unspecified atom stereocenters. The van der Waals surface area contributed by atoms with E-state index in [1.165, 1.54) is 19.3 Å². The topological polar surface area (TPSA) is 52.5 Å². The first kappa shape index (κ1) is 13.9. The van der Waals surface area contributed by atoms with E-state index in [1.54, 1.807) is 0 Å². The Morgan fingerprint density at radius 3 is 2.19 bits per heavy atom. The largest absolute Gasteiger partial charge is 0.396 e. The fraction of sp³-hybridized carbons (Fsp3) is 1.00. The van der Waals surface area contributed by atoms with Crippen LogP contribution in [0.3, 0.4) is 0 Å². The van der Waals surface area contributed by atoms with Gasteiger partial charge >= 0.3 is 0 Å². The van der Waals surface area contributed by atoms with Gasteiger partial charge < -0.3 is 10.2 Å². The van der Waals surface area contributed by atoms with Crippen LogP contribution in [0.1, 0.15) is 64.2 Å². The predicted octanol–water partition coefficient (Wildman–Crippen LogP) is 2.17. The highest BCUT2D eigenvalue weighted by molar-refractivity contribution is 4.79. The third kappa shape index (κ3) is 5.83. The number of unbranched alkanes of at least 4 members (excludes halogenated alkanes) is 4. The zero-order valence-electron chi connectivity index (χ0n) is 10.4. The van der Waals surface area contributed by atoms with E-state index >= 15 is 0 Å². The van der Waals surface area contributed by atoms with Crippen LogP contribution in [0.2, 0.25) is 0 Å². The standard InChI is InChI=1S/C13H27NO2/c15-12-8-3-1-2-7-11-14-13(16)9-5-4-6-10-13/h14-16H,1-12H2. The molecule has 0 bridgehead atoms. The molecule has 0 spiro atoms. The minimum atomic E-state index is -0.566. The SMILES string of the molecule is OCCCCCCCNC1(O)CCCCC1. The average Bonchev–Trinajstić information content (AvgIpc) is 2.29. The summed E-state index contributed by atoms with van der Waals surface area (Å²) in [6, 6.07) is 0. The number of aliphatic hydroxyl groups is 2. The van der Waals surface area contributed by atoms with Crippen LogP contribution in [0.25, 0.3) is 0 Å². The molecule has 0 aromatic carbocycles. The van der Waals surface area contributed by atoms with Crippen LogP contribution in [0.15, 0.2) is 0 Å². The fourth-order valence-corrected chi connectivity index (χ4v) is 2.40. The second kappa shape index (κ2) is 8.04. The second-order valence-electron chi connectivity index (χ2n) is 5.01. The van der Waals surface area contributed by atoms with Gasteiger partial charge in [0.2, 0.25) is 0 Å². The minimum absolute atomic E-state index is 0.317. The van der Waals surface area contributed by atoms with Gasteiger partial charge in [0.25, 0.3) is 0 Å². The molecule has 0 atom stereocenters. The van der Waals surface area contributed by atoms with E-state index in [4.69, 9.17) is 5.11 Å². The summed E-state index contributed by atoms with van der Waals surface area (Å²) >= 11 is 0. The Hall–Kier alpha value is -0.120. The Morgan fingerprint density at radius 1 is 0.875 bits per heavy atom. The summed E-state index contributed by atoms with van der Waals surface area (Å²) < 4.78 is 0. The number of aliphatic hydroxyl groups excluding tert-OH is 1. The summed E-state index contributed by atoms with van der Waals surface area (Å²) in [5.41, 5.74) is -0.566. The molecule has 96 valence electrons. The van der Waals surface area contributed by atoms with Gasteiger partial charge in [-0.05, 0) is 45.1 Å². The molecule has 1 aliphatic carbocycles. The van der Waals surface area contributed by atoms with Crippen molar-refractivity contribution in [2.75, 3.05) is 13.2 Å². The Labute approximate surface area is 99.3 Å². The third-order valence-electron chi connectivity index (χ3n) is 3.47. The van der Waals surface area contributed by atoms with Crippen molar-refractivity contribution in [3.63, 3.8) is 0 Å². The normalized spacial score (nSPS) is 19.9.